The van der Waals surface area contributed by atoms with Crippen molar-refractivity contribution in [2.75, 3.05) is 13.7 Å². The maximum absolute atomic E-state index is 14.6. The highest BCUT2D eigenvalue weighted by molar-refractivity contribution is 6.37. The molecule has 284 valence electrons. The van der Waals surface area contributed by atoms with Crippen LogP contribution in [0.4, 0.5) is 4.79 Å². The van der Waals surface area contributed by atoms with E-state index in [1.54, 1.807) is 27.9 Å². The van der Waals surface area contributed by atoms with Crippen LogP contribution in [0.2, 0.25) is 0 Å². The number of carbonyl (C=O) groups is 6. The van der Waals surface area contributed by atoms with Gasteiger partial charge in [0.15, 0.2) is 0 Å². The van der Waals surface area contributed by atoms with Crippen LogP contribution in [-0.4, -0.2) is 77.7 Å². The van der Waals surface area contributed by atoms with E-state index < -0.39 is 64.0 Å². The summed E-state index contributed by atoms with van der Waals surface area (Å²) in [5.74, 6) is -0.0532. The summed E-state index contributed by atoms with van der Waals surface area (Å²) in [6.45, 7) is 9.52. The third-order valence-corrected chi connectivity index (χ3v) is 10.9. The van der Waals surface area contributed by atoms with Gasteiger partial charge in [-0.25, -0.2) is 4.79 Å². The molecule has 3 fully saturated rings. The number of carbonyl (C=O) groups excluding carboxylic acids is 6. The molecule has 13 heteroatoms. The normalized spacial score (nSPS) is 21.1. The Labute approximate surface area is 307 Å². The van der Waals surface area contributed by atoms with Crippen LogP contribution in [0.1, 0.15) is 98.0 Å². The number of nitrogens with zero attached hydrogens (tertiary/aromatic N) is 1. The molecule has 0 spiro atoms. The van der Waals surface area contributed by atoms with Crippen molar-refractivity contribution in [1.29, 1.82) is 0 Å². The van der Waals surface area contributed by atoms with Crippen LogP contribution >= 0.6 is 0 Å². The number of methoxy groups -OCH3 is 1. The van der Waals surface area contributed by atoms with Crippen molar-refractivity contribution in [2.45, 2.75) is 123 Å². The van der Waals surface area contributed by atoms with Gasteiger partial charge in [-0.05, 0) is 74.5 Å². The lowest BCUT2D eigenvalue weighted by Gasteiger charge is -2.39. The maximum Gasteiger partial charge on any atom is 0.316 e. The van der Waals surface area contributed by atoms with E-state index in [0.29, 0.717) is 18.6 Å². The molecule has 1 aromatic carbocycles. The zero-order chi connectivity index (χ0) is 38.4. The second-order valence-electron chi connectivity index (χ2n) is 16.3. The van der Waals surface area contributed by atoms with E-state index in [1.807, 2.05) is 38.1 Å². The van der Waals surface area contributed by atoms with Crippen molar-refractivity contribution in [2.24, 2.45) is 28.4 Å². The largest absolute Gasteiger partial charge is 0.497 e. The first-order valence-electron chi connectivity index (χ1n) is 18.3. The Morgan fingerprint density at radius 1 is 1.04 bits per heavy atom. The molecule has 4 rings (SSSR count). The van der Waals surface area contributed by atoms with E-state index in [-0.39, 0.29) is 43.7 Å². The van der Waals surface area contributed by atoms with Gasteiger partial charge in [0.2, 0.25) is 23.5 Å². The number of hydrogen-bond acceptors (Lipinski definition) is 7. The van der Waals surface area contributed by atoms with Crippen molar-refractivity contribution in [3.63, 3.8) is 0 Å². The van der Waals surface area contributed by atoms with E-state index in [4.69, 9.17) is 16.9 Å². The molecule has 13 nitrogen and oxygen atoms in total. The van der Waals surface area contributed by atoms with Gasteiger partial charge in [0, 0.05) is 18.5 Å². The predicted molar refractivity (Wildman–Crippen MR) is 195 cm³/mol. The molecule has 0 bridgehead atoms. The highest BCUT2D eigenvalue weighted by atomic mass is 16.5. The molecule has 1 saturated heterocycles. The van der Waals surface area contributed by atoms with Gasteiger partial charge in [-0.1, -0.05) is 65.0 Å². The number of hydrogen-bond donors (Lipinski definition) is 5. The fraction of sp³-hybridized carbons (Fsp3) is 0.641. The highest BCUT2D eigenvalue weighted by Gasteiger charge is 2.49. The van der Waals surface area contributed by atoms with Gasteiger partial charge in [0.05, 0.1) is 13.2 Å². The van der Waals surface area contributed by atoms with Crippen molar-refractivity contribution in [1.82, 2.24) is 26.2 Å². The third kappa shape index (κ3) is 9.83. The second kappa shape index (κ2) is 16.4. The number of primary amides is 1. The summed E-state index contributed by atoms with van der Waals surface area (Å²) < 4.78 is 5.30. The molecule has 52 heavy (non-hydrogen) atoms. The maximum atomic E-state index is 14.6. The SMILES string of the molecule is C#CC(C)(C)[C@@H]1C[C@@H](C(=O)NC(CC2CC2)C(=O)C(N)=O)N(C(=O)[C@@H](NC(=O)NC2(C(=O)NCc3cccc(OC)c3)CCCCC2)C(C)(C)C)C1. The van der Waals surface area contributed by atoms with Crippen LogP contribution in [0.3, 0.4) is 0 Å². The molecule has 4 atom stereocenters. The summed E-state index contributed by atoms with van der Waals surface area (Å²) in [6.07, 6.45) is 11.4. The van der Waals surface area contributed by atoms with E-state index in [2.05, 4.69) is 27.2 Å². The molecule has 0 radical (unpaired) electrons. The summed E-state index contributed by atoms with van der Waals surface area (Å²) in [5.41, 5.74) is 3.47. The van der Waals surface area contributed by atoms with Gasteiger partial charge in [-0.2, -0.15) is 0 Å². The number of nitrogens with two attached hydrogens (primary N) is 1. The Hall–Kier alpha value is -4.60. The van der Waals surface area contributed by atoms with Crippen LogP contribution in [-0.2, 0) is 30.5 Å². The van der Waals surface area contributed by atoms with Crippen LogP contribution in [0.15, 0.2) is 24.3 Å². The smallest absolute Gasteiger partial charge is 0.316 e. The fourth-order valence-corrected chi connectivity index (χ4v) is 7.22. The molecule has 1 unspecified atom stereocenters. The highest BCUT2D eigenvalue weighted by Crippen LogP contribution is 2.39. The number of benzene rings is 1. The van der Waals surface area contributed by atoms with Crippen molar-refractivity contribution in [3.8, 4) is 18.1 Å². The van der Waals surface area contributed by atoms with E-state index >= 15 is 0 Å². The number of ketones is 1. The van der Waals surface area contributed by atoms with Crippen LogP contribution in [0.25, 0.3) is 0 Å². The number of Topliss-reactive ketones (excluding diaryl/α,β-unsaturated/α-hetero) is 1. The fourth-order valence-electron chi connectivity index (χ4n) is 7.22. The zero-order valence-electron chi connectivity index (χ0n) is 31.4. The molecule has 6 N–H and O–H groups in total. The predicted octanol–water partition coefficient (Wildman–Crippen LogP) is 2.94. The number of terminal acetylenes is 1. The van der Waals surface area contributed by atoms with E-state index in [1.165, 1.54) is 4.90 Å². The van der Waals surface area contributed by atoms with Crippen LogP contribution < -0.4 is 31.7 Å². The van der Waals surface area contributed by atoms with Gasteiger partial charge in [0.1, 0.15) is 23.4 Å². The van der Waals surface area contributed by atoms with Gasteiger partial charge >= 0.3 is 6.03 Å². The second-order valence-corrected chi connectivity index (χ2v) is 16.3. The monoisotopic (exact) mass is 720 g/mol. The minimum absolute atomic E-state index is 0.137. The third-order valence-electron chi connectivity index (χ3n) is 10.9. The number of ether oxygens (including phenoxy) is 1. The molecule has 3 aliphatic rings. The number of nitrogens with one attached hydrogen (secondary N) is 4. The molecule has 2 saturated carbocycles. The molecular weight excluding hydrogens is 664 g/mol. The lowest BCUT2D eigenvalue weighted by molar-refractivity contribution is -0.143. The topological polar surface area (TPSA) is 189 Å². The van der Waals surface area contributed by atoms with E-state index in [9.17, 15) is 28.8 Å². The number of likely N-dealkylation sites (tertiary alicyclic amines) is 1. The molecule has 2 aliphatic carbocycles. The summed E-state index contributed by atoms with van der Waals surface area (Å²) >= 11 is 0. The summed E-state index contributed by atoms with van der Waals surface area (Å²) in [4.78, 5) is 82.1. The molecule has 1 aromatic rings. The lowest BCUT2D eigenvalue weighted by atomic mass is 9.78. The number of amides is 6. The average molecular weight is 721 g/mol. The van der Waals surface area contributed by atoms with E-state index in [0.717, 1.165) is 37.7 Å². The Morgan fingerprint density at radius 2 is 1.71 bits per heavy atom. The molecule has 6 amide bonds. The Morgan fingerprint density at radius 3 is 2.29 bits per heavy atom. The van der Waals surface area contributed by atoms with Crippen molar-refractivity contribution >= 4 is 35.4 Å². The minimum atomic E-state index is -1.19. The lowest BCUT2D eigenvalue weighted by Crippen LogP contribution is -2.65. The van der Waals surface area contributed by atoms with Crippen molar-refractivity contribution in [3.05, 3.63) is 29.8 Å². The first kappa shape index (κ1) is 40.2. The van der Waals surface area contributed by atoms with Crippen LogP contribution in [0, 0.1) is 35.0 Å². The van der Waals surface area contributed by atoms with Gasteiger partial charge in [-0.3, -0.25) is 24.0 Å². The molecule has 1 aliphatic heterocycles. The first-order chi connectivity index (χ1) is 24.4. The minimum Gasteiger partial charge on any atom is -0.497 e. The zero-order valence-corrected chi connectivity index (χ0v) is 31.4. The molecule has 0 aromatic heterocycles. The molecular formula is C39H56N6O7. The summed E-state index contributed by atoms with van der Waals surface area (Å²) in [5, 5.41) is 11.5. The number of urea groups is 1. The first-order valence-corrected chi connectivity index (χ1v) is 18.3. The quantitative estimate of drug-likeness (QED) is 0.144. The number of rotatable bonds is 14. The standard InChI is InChI=1S/C39H56N6O7/c1-8-38(5,6)26-21-29(33(48)42-28(20-24-15-16-24)30(46)32(40)47)45(23-26)34(49)31(37(2,3)4)43-36(51)44-39(17-10-9-11-18-39)35(50)41-22-25-13-12-14-27(19-25)52-7/h1,12-14,19,24,26,28-29,31H,9-11,15-18,20-23H2,2-7H3,(H2,40,47)(H,41,50)(H,42,48)(H2,43,44,51)/t26-,28?,29+,31-/m1/s1. The van der Waals surface area contributed by atoms with Gasteiger partial charge in [0.25, 0.3) is 5.91 Å². The Bertz CT molecular complexity index is 1570. The average Bonchev–Trinajstić information content (AvgIpc) is 3.81. The van der Waals surface area contributed by atoms with Gasteiger partial charge in [-0.15, -0.1) is 12.3 Å². The Kier molecular flexibility index (Phi) is 12.7. The molecule has 1 heterocycles. The summed E-state index contributed by atoms with van der Waals surface area (Å²) in [6, 6.07) is 3.46. The summed E-state index contributed by atoms with van der Waals surface area (Å²) in [7, 11) is 1.57. The van der Waals surface area contributed by atoms with Gasteiger partial charge < -0.3 is 36.6 Å². The van der Waals surface area contributed by atoms with Crippen molar-refractivity contribution < 1.29 is 33.5 Å². The van der Waals surface area contributed by atoms with Crippen LogP contribution in [0.5, 0.6) is 5.75 Å². The Balaban J connectivity index is 1.55.